The molecule has 0 bridgehead atoms. The van der Waals surface area contributed by atoms with Crippen LogP contribution in [0.1, 0.15) is 11.1 Å². The lowest BCUT2D eigenvalue weighted by atomic mass is 10.1. The highest BCUT2D eigenvalue weighted by atomic mass is 16.5. The van der Waals surface area contributed by atoms with Gasteiger partial charge in [0, 0.05) is 11.6 Å². The molecular weight excluding hydrogens is 204 g/mol. The van der Waals surface area contributed by atoms with E-state index in [9.17, 15) is 4.79 Å². The molecule has 0 unspecified atom stereocenters. The van der Waals surface area contributed by atoms with Crippen LogP contribution in [0.2, 0.25) is 0 Å². The quantitative estimate of drug-likeness (QED) is 0.619. The minimum atomic E-state index is -0.996. The maximum Gasteiger partial charge on any atom is 0.328 e. The molecule has 1 aromatic rings. The Kier molecular flexibility index (Phi) is 4.16. The molecule has 0 aliphatic carbocycles. The molecule has 3 heteroatoms. The molecule has 0 heterocycles. The van der Waals surface area contributed by atoms with Crippen molar-refractivity contribution in [1.29, 1.82) is 0 Å². The molecule has 0 aliphatic heterocycles. The number of benzene rings is 1. The van der Waals surface area contributed by atoms with Crippen LogP contribution in [0.15, 0.2) is 24.3 Å². The van der Waals surface area contributed by atoms with Gasteiger partial charge in [-0.1, -0.05) is 24.1 Å². The summed E-state index contributed by atoms with van der Waals surface area (Å²) in [5, 5.41) is 8.55. The first kappa shape index (κ1) is 11.9. The van der Waals surface area contributed by atoms with Crippen LogP contribution in [0.5, 0.6) is 5.75 Å². The topological polar surface area (TPSA) is 46.5 Å². The third-order valence-electron chi connectivity index (χ3n) is 1.95. The molecule has 3 nitrogen and oxygen atoms in total. The second-order valence-corrected chi connectivity index (χ2v) is 3.16. The molecule has 0 radical (unpaired) electrons. The number of ether oxygens (including phenoxy) is 1. The van der Waals surface area contributed by atoms with Gasteiger partial charge in [0.05, 0.1) is 0 Å². The smallest absolute Gasteiger partial charge is 0.328 e. The van der Waals surface area contributed by atoms with E-state index in [0.717, 1.165) is 11.6 Å². The van der Waals surface area contributed by atoms with Crippen LogP contribution in [-0.2, 0) is 4.79 Å². The Hall–Kier alpha value is -2.21. The predicted molar refractivity (Wildman–Crippen MR) is 62.2 cm³/mol. The summed E-state index contributed by atoms with van der Waals surface area (Å²) in [5.74, 6) is 2.00. The first-order valence-corrected chi connectivity index (χ1v) is 4.72. The summed E-state index contributed by atoms with van der Waals surface area (Å²) in [6, 6.07) is 5.49. The molecule has 0 saturated carbocycles. The lowest BCUT2D eigenvalue weighted by Gasteiger charge is -2.09. The highest BCUT2D eigenvalue weighted by molar-refractivity contribution is 5.86. The van der Waals surface area contributed by atoms with Crippen LogP contribution in [0.4, 0.5) is 0 Å². The van der Waals surface area contributed by atoms with E-state index in [1.807, 2.05) is 19.1 Å². The molecule has 1 aromatic carbocycles. The Bertz CT molecular complexity index is 453. The van der Waals surface area contributed by atoms with Crippen molar-refractivity contribution in [1.82, 2.24) is 0 Å². The number of rotatable bonds is 4. The monoisotopic (exact) mass is 216 g/mol. The van der Waals surface area contributed by atoms with Crippen molar-refractivity contribution >= 4 is 12.0 Å². The summed E-state index contributed by atoms with van der Waals surface area (Å²) in [6.07, 6.45) is 7.67. The van der Waals surface area contributed by atoms with Gasteiger partial charge in [-0.3, -0.25) is 0 Å². The molecule has 0 fully saturated rings. The number of terminal acetylenes is 1. The maximum atomic E-state index is 10.4. The van der Waals surface area contributed by atoms with Gasteiger partial charge in [0.1, 0.15) is 12.4 Å². The van der Waals surface area contributed by atoms with Crippen LogP contribution >= 0.6 is 0 Å². The fourth-order valence-electron chi connectivity index (χ4n) is 1.28. The third-order valence-corrected chi connectivity index (χ3v) is 1.95. The molecule has 82 valence electrons. The highest BCUT2D eigenvalue weighted by Crippen LogP contribution is 2.24. The van der Waals surface area contributed by atoms with E-state index in [4.69, 9.17) is 16.3 Å². The van der Waals surface area contributed by atoms with Gasteiger partial charge in [-0.15, -0.1) is 6.42 Å². The van der Waals surface area contributed by atoms with E-state index in [2.05, 4.69) is 5.92 Å². The Labute approximate surface area is 94.4 Å². The Morgan fingerprint density at radius 1 is 1.62 bits per heavy atom. The molecular formula is C13H12O3. The van der Waals surface area contributed by atoms with Gasteiger partial charge in [0.25, 0.3) is 0 Å². The van der Waals surface area contributed by atoms with Crippen LogP contribution in [0.25, 0.3) is 6.08 Å². The zero-order chi connectivity index (χ0) is 12.0. The van der Waals surface area contributed by atoms with Crippen LogP contribution < -0.4 is 4.74 Å². The minimum Gasteiger partial charge on any atom is -0.480 e. The van der Waals surface area contributed by atoms with E-state index in [0.29, 0.717) is 11.3 Å². The lowest BCUT2D eigenvalue weighted by molar-refractivity contribution is -0.131. The summed E-state index contributed by atoms with van der Waals surface area (Å²) in [5.41, 5.74) is 1.63. The van der Waals surface area contributed by atoms with Gasteiger partial charge in [-0.25, -0.2) is 4.79 Å². The molecule has 1 rings (SSSR count). The Morgan fingerprint density at radius 2 is 2.38 bits per heavy atom. The van der Waals surface area contributed by atoms with E-state index in [-0.39, 0.29) is 6.61 Å². The molecule has 0 saturated heterocycles. The largest absolute Gasteiger partial charge is 0.480 e. The van der Waals surface area contributed by atoms with Crippen LogP contribution in [0.3, 0.4) is 0 Å². The second-order valence-electron chi connectivity index (χ2n) is 3.16. The summed E-state index contributed by atoms with van der Waals surface area (Å²) in [6.45, 7) is 2.04. The Balaban J connectivity index is 3.03. The van der Waals surface area contributed by atoms with Crippen molar-refractivity contribution in [2.24, 2.45) is 0 Å². The second kappa shape index (κ2) is 5.62. The van der Waals surface area contributed by atoms with Gasteiger partial charge in [-0.2, -0.15) is 0 Å². The van der Waals surface area contributed by atoms with Crippen molar-refractivity contribution in [3.63, 3.8) is 0 Å². The normalized spacial score (nSPS) is 10.0. The summed E-state index contributed by atoms with van der Waals surface area (Å²) in [4.78, 5) is 10.4. The van der Waals surface area contributed by atoms with Gasteiger partial charge < -0.3 is 9.84 Å². The van der Waals surface area contributed by atoms with Crippen LogP contribution in [0, 0.1) is 19.3 Å². The van der Waals surface area contributed by atoms with Gasteiger partial charge in [-0.05, 0) is 18.6 Å². The summed E-state index contributed by atoms with van der Waals surface area (Å²) >= 11 is 0. The fraction of sp³-hybridized carbons (Fsp3) is 0.154. The SMILES string of the molecule is C#CCOc1c(C)cccc1/C=C/C(=O)O. The lowest BCUT2D eigenvalue weighted by Crippen LogP contribution is -1.98. The van der Waals surface area contributed by atoms with Crippen molar-refractivity contribution < 1.29 is 14.6 Å². The zero-order valence-corrected chi connectivity index (χ0v) is 8.93. The number of para-hydroxylation sites is 1. The number of aliphatic carboxylic acids is 1. The summed E-state index contributed by atoms with van der Waals surface area (Å²) < 4.78 is 5.37. The minimum absolute atomic E-state index is 0.165. The molecule has 0 atom stereocenters. The fourth-order valence-corrected chi connectivity index (χ4v) is 1.28. The molecule has 0 aromatic heterocycles. The number of carboxylic acid groups (broad SMARTS) is 1. The van der Waals surface area contributed by atoms with Gasteiger partial charge >= 0.3 is 5.97 Å². The van der Waals surface area contributed by atoms with Crippen molar-refractivity contribution in [3.05, 3.63) is 35.4 Å². The molecule has 0 amide bonds. The number of carboxylic acids is 1. The number of aryl methyl sites for hydroxylation is 1. The molecule has 1 N–H and O–H groups in total. The van der Waals surface area contributed by atoms with E-state index >= 15 is 0 Å². The number of carbonyl (C=O) groups is 1. The number of hydrogen-bond donors (Lipinski definition) is 1. The summed E-state index contributed by atoms with van der Waals surface area (Å²) in [7, 11) is 0. The molecule has 0 spiro atoms. The third kappa shape index (κ3) is 3.18. The average molecular weight is 216 g/mol. The Morgan fingerprint density at radius 3 is 3.00 bits per heavy atom. The van der Waals surface area contributed by atoms with Gasteiger partial charge in [0.2, 0.25) is 0 Å². The average Bonchev–Trinajstić information content (AvgIpc) is 2.25. The van der Waals surface area contributed by atoms with Crippen molar-refractivity contribution in [2.45, 2.75) is 6.92 Å². The highest BCUT2D eigenvalue weighted by Gasteiger charge is 2.04. The van der Waals surface area contributed by atoms with Crippen molar-refractivity contribution in [3.8, 4) is 18.1 Å². The first-order chi connectivity index (χ1) is 7.65. The first-order valence-electron chi connectivity index (χ1n) is 4.72. The molecule has 16 heavy (non-hydrogen) atoms. The van der Waals surface area contributed by atoms with Crippen molar-refractivity contribution in [2.75, 3.05) is 6.61 Å². The molecule has 0 aliphatic rings. The standard InChI is InChI=1S/C13H12O3/c1-3-9-16-13-10(2)5-4-6-11(13)7-8-12(14)15/h1,4-8H,9H2,2H3,(H,14,15)/b8-7+. The zero-order valence-electron chi connectivity index (χ0n) is 8.93. The van der Waals surface area contributed by atoms with E-state index in [1.165, 1.54) is 6.08 Å². The van der Waals surface area contributed by atoms with Gasteiger partial charge in [0.15, 0.2) is 0 Å². The number of hydrogen-bond acceptors (Lipinski definition) is 2. The van der Waals surface area contributed by atoms with Crippen LogP contribution in [-0.4, -0.2) is 17.7 Å². The van der Waals surface area contributed by atoms with E-state index < -0.39 is 5.97 Å². The predicted octanol–water partition coefficient (Wildman–Crippen LogP) is 2.10. The maximum absolute atomic E-state index is 10.4. The van der Waals surface area contributed by atoms with E-state index in [1.54, 1.807) is 6.07 Å².